The summed E-state index contributed by atoms with van der Waals surface area (Å²) < 4.78 is 10.9. The molecule has 0 atom stereocenters. The lowest BCUT2D eigenvalue weighted by Gasteiger charge is -2.35. The third kappa shape index (κ3) is 6.11. The maximum absolute atomic E-state index is 12.7. The molecule has 11 heteroatoms. The number of likely N-dealkylation sites (N-methyl/N-ethyl adjacent to an activating group) is 1. The van der Waals surface area contributed by atoms with Crippen LogP contribution < -0.4 is 14.4 Å². The van der Waals surface area contributed by atoms with Crippen molar-refractivity contribution in [2.45, 2.75) is 18.6 Å². The van der Waals surface area contributed by atoms with E-state index in [-0.39, 0.29) is 5.91 Å². The Morgan fingerprint density at radius 2 is 1.71 bits per heavy atom. The summed E-state index contributed by atoms with van der Waals surface area (Å²) in [4.78, 5) is 30.7. The normalized spacial score (nSPS) is 18.8. The van der Waals surface area contributed by atoms with Crippen LogP contribution in [0, 0.1) is 0 Å². The summed E-state index contributed by atoms with van der Waals surface area (Å²) in [5.41, 5.74) is 1.22. The molecule has 9 nitrogen and oxygen atoms in total. The molecule has 2 aromatic rings. The van der Waals surface area contributed by atoms with Gasteiger partial charge in [0.25, 0.3) is 0 Å². The van der Waals surface area contributed by atoms with Crippen LogP contribution in [0.1, 0.15) is 12.5 Å². The largest absolute Gasteiger partial charge is 0.454 e. The van der Waals surface area contributed by atoms with Gasteiger partial charge < -0.3 is 24.2 Å². The SMILES string of the molecule is CCN1CCN(C(=O)CSc2nc(Cl)cc(N3CCN(Cc4ccc5c(c4)OCO5)CC3)n2)CC1. The molecule has 1 amide bonds. The molecule has 0 saturated carbocycles. The zero-order valence-corrected chi connectivity index (χ0v) is 21.6. The van der Waals surface area contributed by atoms with Crippen molar-refractivity contribution in [3.8, 4) is 11.5 Å². The number of halogens is 1. The van der Waals surface area contributed by atoms with E-state index in [9.17, 15) is 4.79 Å². The van der Waals surface area contributed by atoms with Crippen LogP contribution in [0.25, 0.3) is 0 Å². The summed E-state index contributed by atoms with van der Waals surface area (Å²) in [6.07, 6.45) is 0. The third-order valence-corrected chi connectivity index (χ3v) is 7.72. The minimum atomic E-state index is 0.132. The minimum Gasteiger partial charge on any atom is -0.454 e. The van der Waals surface area contributed by atoms with Gasteiger partial charge in [0.05, 0.1) is 5.75 Å². The summed E-state index contributed by atoms with van der Waals surface area (Å²) >= 11 is 7.69. The first kappa shape index (κ1) is 24.4. The van der Waals surface area contributed by atoms with Crippen LogP contribution in [-0.2, 0) is 11.3 Å². The molecule has 3 aliphatic heterocycles. The fourth-order valence-corrected chi connectivity index (χ4v) is 5.56. The van der Waals surface area contributed by atoms with Gasteiger partial charge in [-0.25, -0.2) is 9.97 Å². The van der Waals surface area contributed by atoms with E-state index in [2.05, 4.69) is 38.7 Å². The van der Waals surface area contributed by atoms with Crippen molar-refractivity contribution < 1.29 is 14.3 Å². The number of benzene rings is 1. The second-order valence-corrected chi connectivity index (χ2v) is 10.2. The van der Waals surface area contributed by atoms with Gasteiger partial charge in [0.15, 0.2) is 16.7 Å². The van der Waals surface area contributed by atoms with Crippen LogP contribution in [0.3, 0.4) is 0 Å². The van der Waals surface area contributed by atoms with Gasteiger partial charge in [-0.2, -0.15) is 0 Å². The summed E-state index contributed by atoms with van der Waals surface area (Å²) in [6, 6.07) is 7.95. The summed E-state index contributed by atoms with van der Waals surface area (Å²) in [5.74, 6) is 2.92. The maximum atomic E-state index is 12.7. The molecular weight excluding hydrogens is 488 g/mol. The van der Waals surface area contributed by atoms with E-state index in [1.807, 2.05) is 17.0 Å². The Morgan fingerprint density at radius 1 is 0.971 bits per heavy atom. The van der Waals surface area contributed by atoms with E-state index in [0.29, 0.717) is 22.9 Å². The van der Waals surface area contributed by atoms with Crippen molar-refractivity contribution in [3.05, 3.63) is 35.0 Å². The number of ether oxygens (including phenoxy) is 2. The Hall–Kier alpha value is -2.27. The second-order valence-electron chi connectivity index (χ2n) is 8.89. The molecule has 0 unspecified atom stereocenters. The molecule has 4 heterocycles. The van der Waals surface area contributed by atoms with Crippen molar-refractivity contribution in [1.29, 1.82) is 0 Å². The Bertz CT molecular complexity index is 1040. The van der Waals surface area contributed by atoms with Gasteiger partial charge in [-0.15, -0.1) is 0 Å². The summed E-state index contributed by atoms with van der Waals surface area (Å²) in [7, 11) is 0. The summed E-state index contributed by atoms with van der Waals surface area (Å²) in [6.45, 7) is 11.3. The lowest BCUT2D eigenvalue weighted by atomic mass is 10.1. The number of amides is 1. The van der Waals surface area contributed by atoms with Crippen LogP contribution in [0.2, 0.25) is 5.15 Å². The molecule has 5 rings (SSSR count). The molecule has 1 aromatic carbocycles. The van der Waals surface area contributed by atoms with Gasteiger partial charge in [0.1, 0.15) is 11.0 Å². The minimum absolute atomic E-state index is 0.132. The molecular formula is C24H31ClN6O3S. The Kier molecular flexibility index (Phi) is 7.81. The average Bonchev–Trinajstić information content (AvgIpc) is 3.35. The lowest BCUT2D eigenvalue weighted by molar-refractivity contribution is -0.130. The Labute approximate surface area is 215 Å². The molecule has 0 aliphatic carbocycles. The number of rotatable bonds is 7. The van der Waals surface area contributed by atoms with E-state index < -0.39 is 0 Å². The van der Waals surface area contributed by atoms with Crippen LogP contribution in [-0.4, -0.2) is 102 Å². The zero-order chi connectivity index (χ0) is 24.2. The number of hydrogen-bond donors (Lipinski definition) is 0. The van der Waals surface area contributed by atoms with Crippen molar-refractivity contribution >= 4 is 35.1 Å². The van der Waals surface area contributed by atoms with E-state index in [1.54, 1.807) is 0 Å². The first-order valence-corrected chi connectivity index (χ1v) is 13.5. The number of piperazine rings is 2. The molecule has 35 heavy (non-hydrogen) atoms. The van der Waals surface area contributed by atoms with E-state index in [4.69, 9.17) is 26.1 Å². The highest BCUT2D eigenvalue weighted by atomic mass is 35.5. The first-order chi connectivity index (χ1) is 17.1. The zero-order valence-electron chi connectivity index (χ0n) is 20.0. The highest BCUT2D eigenvalue weighted by Crippen LogP contribution is 2.33. The second kappa shape index (κ2) is 11.2. The molecule has 2 fully saturated rings. The molecule has 188 valence electrons. The topological polar surface area (TPSA) is 74.3 Å². The van der Waals surface area contributed by atoms with Crippen LogP contribution >= 0.6 is 23.4 Å². The van der Waals surface area contributed by atoms with E-state index in [0.717, 1.165) is 82.8 Å². The smallest absolute Gasteiger partial charge is 0.233 e. The van der Waals surface area contributed by atoms with Crippen LogP contribution in [0.15, 0.2) is 29.4 Å². The Balaban J connectivity index is 1.12. The standard InChI is InChI=1S/C24H31ClN6O3S/c1-2-28-5-11-31(12-6-28)23(32)16-35-24-26-21(25)14-22(27-24)30-9-7-29(8-10-30)15-18-3-4-19-20(13-18)34-17-33-19/h3-4,13-14H,2,5-12,15-17H2,1H3. The number of fused-ring (bicyclic) bond motifs is 1. The summed E-state index contributed by atoms with van der Waals surface area (Å²) in [5, 5.41) is 0.958. The molecule has 0 bridgehead atoms. The quantitative estimate of drug-likeness (QED) is 0.312. The molecule has 1 aromatic heterocycles. The average molecular weight is 519 g/mol. The number of carbonyl (C=O) groups excluding carboxylic acids is 1. The molecule has 2 saturated heterocycles. The number of nitrogens with zero attached hydrogens (tertiary/aromatic N) is 6. The number of aromatic nitrogens is 2. The predicted molar refractivity (Wildman–Crippen MR) is 137 cm³/mol. The number of carbonyl (C=O) groups is 1. The fourth-order valence-electron chi connectivity index (χ4n) is 4.58. The monoisotopic (exact) mass is 518 g/mol. The fraction of sp³-hybridized carbons (Fsp3) is 0.542. The van der Waals surface area contributed by atoms with Gasteiger partial charge in [0, 0.05) is 65.0 Å². The maximum Gasteiger partial charge on any atom is 0.233 e. The highest BCUT2D eigenvalue weighted by molar-refractivity contribution is 7.99. The number of hydrogen-bond acceptors (Lipinski definition) is 9. The molecule has 3 aliphatic rings. The van der Waals surface area contributed by atoms with Crippen molar-refractivity contribution in [2.24, 2.45) is 0 Å². The van der Waals surface area contributed by atoms with Gasteiger partial charge >= 0.3 is 0 Å². The van der Waals surface area contributed by atoms with Gasteiger partial charge in [-0.3, -0.25) is 9.69 Å². The van der Waals surface area contributed by atoms with Crippen molar-refractivity contribution in [3.63, 3.8) is 0 Å². The van der Waals surface area contributed by atoms with Gasteiger partial charge in [-0.1, -0.05) is 36.4 Å². The number of anilines is 1. The van der Waals surface area contributed by atoms with Crippen LogP contribution in [0.4, 0.5) is 5.82 Å². The molecule has 0 radical (unpaired) electrons. The first-order valence-electron chi connectivity index (χ1n) is 12.1. The predicted octanol–water partition coefficient (Wildman–Crippen LogP) is 2.44. The third-order valence-electron chi connectivity index (χ3n) is 6.70. The molecule has 0 spiro atoms. The van der Waals surface area contributed by atoms with Crippen molar-refractivity contribution in [2.75, 3.05) is 76.3 Å². The molecule has 0 N–H and O–H groups in total. The van der Waals surface area contributed by atoms with Gasteiger partial charge in [-0.05, 0) is 24.2 Å². The van der Waals surface area contributed by atoms with Crippen molar-refractivity contribution in [1.82, 2.24) is 24.7 Å². The Morgan fingerprint density at radius 3 is 2.49 bits per heavy atom. The van der Waals surface area contributed by atoms with Crippen LogP contribution in [0.5, 0.6) is 11.5 Å². The lowest BCUT2D eigenvalue weighted by Crippen LogP contribution is -2.49. The van der Waals surface area contributed by atoms with Gasteiger partial charge in [0.2, 0.25) is 12.7 Å². The number of thioether (sulfide) groups is 1. The highest BCUT2D eigenvalue weighted by Gasteiger charge is 2.23. The van der Waals surface area contributed by atoms with E-state index in [1.165, 1.54) is 17.3 Å². The van der Waals surface area contributed by atoms with E-state index >= 15 is 0 Å².